The Bertz CT molecular complexity index is 346. The van der Waals surface area contributed by atoms with E-state index >= 15 is 0 Å². The molecule has 1 aliphatic rings. The maximum atomic E-state index is 4.38. The molecule has 1 fully saturated rings. The number of hydrogen-bond donors (Lipinski definition) is 1. The molecule has 5 nitrogen and oxygen atoms in total. The lowest BCUT2D eigenvalue weighted by Gasteiger charge is -2.31. The van der Waals surface area contributed by atoms with Crippen LogP contribution in [0, 0.1) is 5.92 Å². The van der Waals surface area contributed by atoms with Gasteiger partial charge in [-0.3, -0.25) is 4.90 Å². The fourth-order valence-corrected chi connectivity index (χ4v) is 2.26. The molecule has 0 aromatic carbocycles. The fourth-order valence-electron chi connectivity index (χ4n) is 2.26. The van der Waals surface area contributed by atoms with E-state index in [0.29, 0.717) is 12.0 Å². The summed E-state index contributed by atoms with van der Waals surface area (Å²) in [5, 5.41) is 7.76. The molecule has 0 radical (unpaired) electrons. The molecule has 1 saturated heterocycles. The van der Waals surface area contributed by atoms with Crippen molar-refractivity contribution < 1.29 is 0 Å². The van der Waals surface area contributed by atoms with Crippen molar-refractivity contribution in [2.75, 3.05) is 19.6 Å². The zero-order valence-corrected chi connectivity index (χ0v) is 11.1. The molecule has 0 spiro atoms. The Morgan fingerprint density at radius 1 is 1.53 bits per heavy atom. The summed E-state index contributed by atoms with van der Waals surface area (Å²) in [5.41, 5.74) is 0. The number of rotatable bonds is 4. The Morgan fingerprint density at radius 2 is 2.35 bits per heavy atom. The summed E-state index contributed by atoms with van der Waals surface area (Å²) in [5.74, 6) is 1.70. The number of aromatic nitrogens is 3. The van der Waals surface area contributed by atoms with Gasteiger partial charge < -0.3 is 5.32 Å². The minimum absolute atomic E-state index is 0.574. The Hall–Kier alpha value is -0.940. The van der Waals surface area contributed by atoms with E-state index in [4.69, 9.17) is 0 Å². The summed E-state index contributed by atoms with van der Waals surface area (Å²) in [4.78, 5) is 6.82. The monoisotopic (exact) mass is 237 g/mol. The normalized spacial score (nSPS) is 22.2. The van der Waals surface area contributed by atoms with Gasteiger partial charge in [0, 0.05) is 32.2 Å². The van der Waals surface area contributed by atoms with Gasteiger partial charge in [0.15, 0.2) is 0 Å². The van der Waals surface area contributed by atoms with Gasteiger partial charge in [-0.25, -0.2) is 9.67 Å². The zero-order chi connectivity index (χ0) is 12.3. The Balaban J connectivity index is 1.95. The first kappa shape index (κ1) is 12.5. The maximum absolute atomic E-state index is 4.38. The van der Waals surface area contributed by atoms with E-state index in [-0.39, 0.29) is 0 Å². The van der Waals surface area contributed by atoms with Crippen molar-refractivity contribution in [3.63, 3.8) is 0 Å². The van der Waals surface area contributed by atoms with Crippen molar-refractivity contribution in [1.82, 2.24) is 25.0 Å². The lowest BCUT2D eigenvalue weighted by atomic mass is 10.2. The maximum Gasteiger partial charge on any atom is 0.141 e. The highest BCUT2D eigenvalue weighted by Crippen LogP contribution is 2.07. The highest BCUT2D eigenvalue weighted by atomic mass is 15.4. The molecule has 17 heavy (non-hydrogen) atoms. The molecular weight excluding hydrogens is 214 g/mol. The summed E-state index contributed by atoms with van der Waals surface area (Å²) in [7, 11) is 0. The van der Waals surface area contributed by atoms with Crippen molar-refractivity contribution in [2.45, 2.75) is 39.9 Å². The molecule has 1 aliphatic heterocycles. The van der Waals surface area contributed by atoms with Crippen molar-refractivity contribution in [2.24, 2.45) is 5.92 Å². The second kappa shape index (κ2) is 5.60. The van der Waals surface area contributed by atoms with Crippen LogP contribution < -0.4 is 5.32 Å². The lowest BCUT2D eigenvalue weighted by Crippen LogP contribution is -2.48. The third kappa shape index (κ3) is 3.51. The standard InChI is InChI=1S/C12H23N5/c1-10(2)6-17-12(14-9-15-17)8-16-5-4-13-11(3)7-16/h9-11,13H,4-8H2,1-3H3/t11-/m0/s1. The van der Waals surface area contributed by atoms with Gasteiger partial charge in [0.25, 0.3) is 0 Å². The van der Waals surface area contributed by atoms with Gasteiger partial charge in [-0.2, -0.15) is 5.10 Å². The third-order valence-corrected chi connectivity index (χ3v) is 3.05. The molecule has 1 N–H and O–H groups in total. The second-order valence-electron chi connectivity index (χ2n) is 5.34. The van der Waals surface area contributed by atoms with Crippen molar-refractivity contribution in [3.05, 3.63) is 12.2 Å². The molecule has 0 amide bonds. The minimum atomic E-state index is 0.574. The summed E-state index contributed by atoms with van der Waals surface area (Å²) < 4.78 is 2.04. The molecule has 1 aromatic heterocycles. The van der Waals surface area contributed by atoms with Crippen LogP contribution >= 0.6 is 0 Å². The van der Waals surface area contributed by atoms with Crippen LogP contribution in [-0.4, -0.2) is 45.3 Å². The minimum Gasteiger partial charge on any atom is -0.312 e. The number of nitrogens with zero attached hydrogens (tertiary/aromatic N) is 4. The molecule has 2 rings (SSSR count). The van der Waals surface area contributed by atoms with Crippen LogP contribution in [0.2, 0.25) is 0 Å². The molecule has 2 heterocycles. The van der Waals surface area contributed by atoms with Crippen LogP contribution in [-0.2, 0) is 13.1 Å². The Kier molecular flexibility index (Phi) is 4.12. The molecule has 5 heteroatoms. The quantitative estimate of drug-likeness (QED) is 0.838. The van der Waals surface area contributed by atoms with E-state index in [1.165, 1.54) is 0 Å². The van der Waals surface area contributed by atoms with E-state index in [2.05, 4.69) is 41.1 Å². The summed E-state index contributed by atoms with van der Waals surface area (Å²) in [6, 6.07) is 0.574. The summed E-state index contributed by atoms with van der Waals surface area (Å²) in [6.07, 6.45) is 1.67. The first-order chi connectivity index (χ1) is 8.15. The molecule has 1 aromatic rings. The average Bonchev–Trinajstić information content (AvgIpc) is 2.65. The van der Waals surface area contributed by atoms with E-state index in [1.807, 2.05) is 4.68 Å². The van der Waals surface area contributed by atoms with Gasteiger partial charge in [0.2, 0.25) is 0 Å². The Labute approximate surface area is 103 Å². The average molecular weight is 237 g/mol. The summed E-state index contributed by atoms with van der Waals surface area (Å²) in [6.45, 7) is 11.8. The second-order valence-corrected chi connectivity index (χ2v) is 5.34. The molecule has 0 unspecified atom stereocenters. The van der Waals surface area contributed by atoms with Crippen molar-refractivity contribution in [3.8, 4) is 0 Å². The van der Waals surface area contributed by atoms with Crippen LogP contribution in [0.25, 0.3) is 0 Å². The van der Waals surface area contributed by atoms with Gasteiger partial charge in [-0.1, -0.05) is 13.8 Å². The van der Waals surface area contributed by atoms with E-state index in [9.17, 15) is 0 Å². The van der Waals surface area contributed by atoms with E-state index in [0.717, 1.165) is 38.5 Å². The number of hydrogen-bond acceptors (Lipinski definition) is 4. The lowest BCUT2D eigenvalue weighted by molar-refractivity contribution is 0.191. The van der Waals surface area contributed by atoms with Gasteiger partial charge in [0.1, 0.15) is 12.2 Å². The molecular formula is C12H23N5. The van der Waals surface area contributed by atoms with Crippen LogP contribution in [0.3, 0.4) is 0 Å². The highest BCUT2D eigenvalue weighted by Gasteiger charge is 2.17. The van der Waals surface area contributed by atoms with Crippen molar-refractivity contribution >= 4 is 0 Å². The van der Waals surface area contributed by atoms with Gasteiger partial charge >= 0.3 is 0 Å². The number of piperazine rings is 1. The molecule has 0 aliphatic carbocycles. The molecule has 0 saturated carbocycles. The molecule has 96 valence electrons. The zero-order valence-electron chi connectivity index (χ0n) is 11.1. The third-order valence-electron chi connectivity index (χ3n) is 3.05. The van der Waals surface area contributed by atoms with Crippen LogP contribution in [0.1, 0.15) is 26.6 Å². The first-order valence-electron chi connectivity index (χ1n) is 6.47. The predicted octanol–water partition coefficient (Wildman–Crippen LogP) is 0.728. The van der Waals surface area contributed by atoms with Crippen molar-refractivity contribution in [1.29, 1.82) is 0 Å². The Morgan fingerprint density at radius 3 is 3.06 bits per heavy atom. The first-order valence-corrected chi connectivity index (χ1v) is 6.47. The van der Waals surface area contributed by atoms with Gasteiger partial charge in [-0.15, -0.1) is 0 Å². The summed E-state index contributed by atoms with van der Waals surface area (Å²) >= 11 is 0. The molecule has 1 atom stereocenters. The topological polar surface area (TPSA) is 46.0 Å². The smallest absolute Gasteiger partial charge is 0.141 e. The SMILES string of the molecule is CC(C)Cn1ncnc1CN1CCN[C@@H](C)C1. The van der Waals surface area contributed by atoms with Crippen LogP contribution in [0.15, 0.2) is 6.33 Å². The number of nitrogens with one attached hydrogen (secondary N) is 1. The highest BCUT2D eigenvalue weighted by molar-refractivity contribution is 4.87. The predicted molar refractivity (Wildman–Crippen MR) is 67.6 cm³/mol. The van der Waals surface area contributed by atoms with E-state index < -0.39 is 0 Å². The fraction of sp³-hybridized carbons (Fsp3) is 0.833. The van der Waals surface area contributed by atoms with Crippen LogP contribution in [0.5, 0.6) is 0 Å². The molecule has 0 bridgehead atoms. The van der Waals surface area contributed by atoms with E-state index in [1.54, 1.807) is 6.33 Å². The van der Waals surface area contributed by atoms with Crippen LogP contribution in [0.4, 0.5) is 0 Å². The van der Waals surface area contributed by atoms with Gasteiger partial charge in [-0.05, 0) is 12.8 Å². The van der Waals surface area contributed by atoms with Gasteiger partial charge in [0.05, 0.1) is 6.54 Å². The largest absolute Gasteiger partial charge is 0.312 e.